The third kappa shape index (κ3) is 9.06. The number of pyridine rings is 2. The Labute approximate surface area is 351 Å². The van der Waals surface area contributed by atoms with Crippen molar-refractivity contribution in [3.63, 3.8) is 0 Å². The molecule has 60 heavy (non-hydrogen) atoms. The zero-order valence-corrected chi connectivity index (χ0v) is 34.0. The van der Waals surface area contributed by atoms with Crippen LogP contribution in [0.25, 0.3) is 65.2 Å². The number of thiazole rings is 2. The van der Waals surface area contributed by atoms with Gasteiger partial charge >= 0.3 is 12.1 Å². The highest BCUT2D eigenvalue weighted by molar-refractivity contribution is 7.23. The number of carbonyl (C=O) groups is 2. The first-order valence-electron chi connectivity index (χ1n) is 19.0. The molecule has 18 heteroatoms. The number of benzene rings is 2. The Kier molecular flexibility index (Phi) is 12.0. The molecule has 0 spiro atoms. The largest absolute Gasteiger partial charge is 0.385 e. The van der Waals surface area contributed by atoms with Gasteiger partial charge in [-0.3, -0.25) is 20.6 Å². The lowest BCUT2D eigenvalue weighted by Crippen LogP contribution is -2.29. The van der Waals surface area contributed by atoms with Crippen LogP contribution in [0.4, 0.5) is 19.9 Å². The number of hydrogen-bond acceptors (Lipinski definition) is 14. The number of aromatic nitrogens is 8. The molecule has 2 unspecified atom stereocenters. The van der Waals surface area contributed by atoms with E-state index >= 15 is 0 Å². The van der Waals surface area contributed by atoms with E-state index in [-0.39, 0.29) is 11.9 Å². The van der Waals surface area contributed by atoms with Crippen molar-refractivity contribution >= 4 is 65.4 Å². The van der Waals surface area contributed by atoms with Crippen molar-refractivity contribution in [1.82, 2.24) is 50.5 Å². The van der Waals surface area contributed by atoms with Gasteiger partial charge in [0.1, 0.15) is 12.2 Å². The summed E-state index contributed by atoms with van der Waals surface area (Å²) in [6.45, 7) is 4.23. The molecule has 0 radical (unpaired) electrons. The maximum atomic E-state index is 13.0. The first kappa shape index (κ1) is 39.9. The number of urea groups is 2. The Balaban J connectivity index is 0.904. The van der Waals surface area contributed by atoms with E-state index in [0.29, 0.717) is 58.6 Å². The van der Waals surface area contributed by atoms with E-state index in [0.717, 1.165) is 48.6 Å². The van der Waals surface area contributed by atoms with Gasteiger partial charge in [0.05, 0.1) is 31.8 Å². The molecule has 8 aromatic rings. The van der Waals surface area contributed by atoms with E-state index in [9.17, 15) is 19.8 Å². The van der Waals surface area contributed by atoms with Gasteiger partial charge in [-0.25, -0.2) is 39.5 Å². The van der Waals surface area contributed by atoms with E-state index in [2.05, 4.69) is 56.2 Å². The van der Waals surface area contributed by atoms with Crippen molar-refractivity contribution in [2.75, 3.05) is 23.7 Å². The Bertz CT molecular complexity index is 2770. The number of carbonyl (C=O) groups excluding carboxylic acids is 2. The number of hydrogen-bond donors (Lipinski definition) is 6. The SMILES string of the molecule is CCNC(=O)Nc1nc2cc(-c3cnc(C(O)CCCNC(=O)Nc4nc5cc(-c6cnc(C(C)O)nc6)cc(-c6ccccn6)c5s4)nc3)cc(-c3ccccn3)c2s1. The quantitative estimate of drug-likeness (QED) is 0.0613. The average Bonchev–Trinajstić information content (AvgIpc) is 3.88. The predicted molar refractivity (Wildman–Crippen MR) is 232 cm³/mol. The zero-order valence-electron chi connectivity index (χ0n) is 32.3. The van der Waals surface area contributed by atoms with Crippen molar-refractivity contribution in [1.29, 1.82) is 0 Å². The first-order valence-corrected chi connectivity index (χ1v) is 20.7. The fourth-order valence-corrected chi connectivity index (χ4v) is 8.29. The third-order valence-corrected chi connectivity index (χ3v) is 11.3. The summed E-state index contributed by atoms with van der Waals surface area (Å²) >= 11 is 2.70. The van der Waals surface area contributed by atoms with Gasteiger partial charge in [0.25, 0.3) is 0 Å². The van der Waals surface area contributed by atoms with Crippen molar-refractivity contribution in [3.05, 3.63) is 109 Å². The van der Waals surface area contributed by atoms with E-state index < -0.39 is 18.2 Å². The van der Waals surface area contributed by atoms with Crippen LogP contribution in [0, 0.1) is 0 Å². The summed E-state index contributed by atoms with van der Waals surface area (Å²) in [6, 6.07) is 18.4. The predicted octanol–water partition coefficient (Wildman–Crippen LogP) is 7.77. The van der Waals surface area contributed by atoms with Crippen LogP contribution in [0.2, 0.25) is 0 Å². The van der Waals surface area contributed by atoms with Crippen molar-refractivity contribution in [3.8, 4) is 44.8 Å². The molecule has 302 valence electrons. The molecule has 0 aliphatic heterocycles. The molecule has 2 aromatic carbocycles. The second kappa shape index (κ2) is 18.0. The number of fused-ring (bicyclic) bond motifs is 2. The van der Waals surface area contributed by atoms with Crippen LogP contribution in [0.15, 0.2) is 97.8 Å². The molecule has 2 atom stereocenters. The van der Waals surface area contributed by atoms with E-state index in [4.69, 9.17) is 4.98 Å². The highest BCUT2D eigenvalue weighted by Gasteiger charge is 2.19. The summed E-state index contributed by atoms with van der Waals surface area (Å²) in [4.78, 5) is 61.2. The van der Waals surface area contributed by atoms with Gasteiger partial charge in [-0.05, 0) is 86.3 Å². The summed E-state index contributed by atoms with van der Waals surface area (Å²) in [5, 5.41) is 32.8. The summed E-state index contributed by atoms with van der Waals surface area (Å²) < 4.78 is 1.72. The second-order valence-corrected chi connectivity index (χ2v) is 15.6. The van der Waals surface area contributed by atoms with Gasteiger partial charge in [-0.2, -0.15) is 0 Å². The Hall–Kier alpha value is -6.86. The lowest BCUT2D eigenvalue weighted by atomic mass is 10.0. The van der Waals surface area contributed by atoms with Crippen molar-refractivity contribution in [2.45, 2.75) is 38.9 Å². The topological polar surface area (TPSA) is 226 Å². The molecular weight excluding hydrogens is 801 g/mol. The van der Waals surface area contributed by atoms with Crippen LogP contribution in [0.3, 0.4) is 0 Å². The molecule has 0 bridgehead atoms. The van der Waals surface area contributed by atoms with Gasteiger partial charge in [0.2, 0.25) is 0 Å². The molecule has 0 aliphatic carbocycles. The minimum absolute atomic E-state index is 0.263. The fraction of sp³-hybridized carbons (Fsp3) is 0.190. The molecule has 0 fully saturated rings. The smallest absolute Gasteiger partial charge is 0.321 e. The summed E-state index contributed by atoms with van der Waals surface area (Å²) in [5.41, 5.74) is 7.62. The van der Waals surface area contributed by atoms with Crippen LogP contribution in [-0.4, -0.2) is 75.2 Å². The lowest BCUT2D eigenvalue weighted by Gasteiger charge is -2.11. The molecule has 4 amide bonds. The number of aliphatic hydroxyl groups is 2. The van der Waals surface area contributed by atoms with Crippen LogP contribution < -0.4 is 21.3 Å². The maximum absolute atomic E-state index is 13.0. The van der Waals surface area contributed by atoms with Crippen LogP contribution in [0.5, 0.6) is 0 Å². The molecule has 8 rings (SSSR count). The highest BCUT2D eigenvalue weighted by Crippen LogP contribution is 2.39. The number of nitrogens with one attached hydrogen (secondary N) is 4. The standard InChI is InChI=1S/C42H38N12O4S2/c1-3-43-39(57)53-41-51-32-18-25(16-29(35(32)59-41)31-10-5-7-13-45-31)27-21-49-38(50-22-27)34(56)11-8-14-46-40(58)54-42-52-33-17-24(26-19-47-37(23(2)55)48-20-26)15-28(36(33)60-42)30-9-4-6-12-44-30/h4-7,9-10,12-13,15-23,34,55-56H,3,8,11,14H2,1-2H3,(H2,43,51,53,57)(H2,46,52,54,58). The molecule has 0 saturated carbocycles. The number of anilines is 2. The normalized spacial score (nSPS) is 12.3. The molecule has 6 heterocycles. The summed E-state index contributed by atoms with van der Waals surface area (Å²) in [5.74, 6) is 0.593. The molecule has 16 nitrogen and oxygen atoms in total. The van der Waals surface area contributed by atoms with Crippen LogP contribution in [0.1, 0.15) is 50.5 Å². The van der Waals surface area contributed by atoms with E-state index in [1.165, 1.54) is 22.7 Å². The molecule has 0 saturated heterocycles. The number of amides is 4. The molecule has 6 aromatic heterocycles. The van der Waals surface area contributed by atoms with Crippen LogP contribution >= 0.6 is 22.7 Å². The Morgan fingerprint density at radius 2 is 1.15 bits per heavy atom. The number of rotatable bonds is 13. The molecular formula is C42H38N12O4S2. The minimum atomic E-state index is -0.950. The summed E-state index contributed by atoms with van der Waals surface area (Å²) in [7, 11) is 0. The van der Waals surface area contributed by atoms with Gasteiger partial charge in [-0.1, -0.05) is 34.8 Å². The third-order valence-electron chi connectivity index (χ3n) is 9.26. The van der Waals surface area contributed by atoms with E-state index in [1.807, 2.05) is 67.6 Å². The van der Waals surface area contributed by atoms with Crippen molar-refractivity contribution in [2.24, 2.45) is 0 Å². The highest BCUT2D eigenvalue weighted by atomic mass is 32.1. The second-order valence-electron chi connectivity index (χ2n) is 13.6. The average molecular weight is 839 g/mol. The monoisotopic (exact) mass is 838 g/mol. The number of nitrogens with zero attached hydrogens (tertiary/aromatic N) is 8. The lowest BCUT2D eigenvalue weighted by molar-refractivity contribution is 0.154. The Morgan fingerprint density at radius 3 is 1.62 bits per heavy atom. The van der Waals surface area contributed by atoms with Crippen LogP contribution in [-0.2, 0) is 0 Å². The Morgan fingerprint density at radius 1 is 0.650 bits per heavy atom. The molecule has 6 N–H and O–H groups in total. The van der Waals surface area contributed by atoms with E-state index in [1.54, 1.807) is 44.1 Å². The van der Waals surface area contributed by atoms with Crippen molar-refractivity contribution < 1.29 is 19.8 Å². The zero-order chi connectivity index (χ0) is 41.6. The maximum Gasteiger partial charge on any atom is 0.321 e. The number of aliphatic hydroxyl groups excluding tert-OH is 2. The first-order chi connectivity index (χ1) is 29.2. The van der Waals surface area contributed by atoms with Gasteiger partial charge in [0.15, 0.2) is 21.9 Å². The molecule has 0 aliphatic rings. The van der Waals surface area contributed by atoms with Gasteiger partial charge < -0.3 is 20.8 Å². The van der Waals surface area contributed by atoms with Gasteiger partial charge in [-0.15, -0.1) is 0 Å². The van der Waals surface area contributed by atoms with Gasteiger partial charge in [0, 0.05) is 72.5 Å². The minimum Gasteiger partial charge on any atom is -0.385 e. The fourth-order valence-electron chi connectivity index (χ4n) is 6.36. The summed E-state index contributed by atoms with van der Waals surface area (Å²) in [6.07, 6.45) is 9.11.